The molecule has 0 saturated heterocycles. The molecule has 0 radical (unpaired) electrons. The number of carbonyl (C=O) groups is 1. The first kappa shape index (κ1) is 18.2. The molecule has 0 unspecified atom stereocenters. The first-order valence-electron chi connectivity index (χ1n) is 8.14. The van der Waals surface area contributed by atoms with Crippen LogP contribution in [0.4, 0.5) is 5.69 Å². The number of nitrogens with one attached hydrogen (secondary N) is 1. The number of carbonyl (C=O) groups excluding carboxylic acids is 1. The summed E-state index contributed by atoms with van der Waals surface area (Å²) in [6.45, 7) is 1.90. The third-order valence-electron chi connectivity index (χ3n) is 3.97. The first-order chi connectivity index (χ1) is 12.5. The topological polar surface area (TPSA) is 29.1 Å². The minimum atomic E-state index is -0.207. The van der Waals surface area contributed by atoms with E-state index in [0.29, 0.717) is 15.6 Å². The Kier molecular flexibility index (Phi) is 5.77. The van der Waals surface area contributed by atoms with Gasteiger partial charge in [0.1, 0.15) is 0 Å². The van der Waals surface area contributed by atoms with Crippen LogP contribution in [0.5, 0.6) is 0 Å². The van der Waals surface area contributed by atoms with Gasteiger partial charge in [0.2, 0.25) is 0 Å². The standard InChI is InChI=1S/C22H17Cl2NO/c1-15-13-18(23)11-12-21(15)25-22(26)19(16-7-3-2-4-8-16)14-17-9-5-6-10-20(17)24/h2-14H,1H3,(H,25,26)/b19-14+. The summed E-state index contributed by atoms with van der Waals surface area (Å²) in [5, 5.41) is 4.20. The summed E-state index contributed by atoms with van der Waals surface area (Å²) >= 11 is 12.3. The van der Waals surface area contributed by atoms with Crippen LogP contribution in [0.1, 0.15) is 16.7 Å². The van der Waals surface area contributed by atoms with Crippen molar-refractivity contribution in [2.45, 2.75) is 6.92 Å². The van der Waals surface area contributed by atoms with Crippen molar-refractivity contribution >= 4 is 46.4 Å². The van der Waals surface area contributed by atoms with Crippen molar-refractivity contribution in [3.8, 4) is 0 Å². The van der Waals surface area contributed by atoms with Crippen molar-refractivity contribution in [2.75, 3.05) is 5.32 Å². The molecule has 0 aliphatic heterocycles. The number of benzene rings is 3. The van der Waals surface area contributed by atoms with Crippen LogP contribution in [0, 0.1) is 6.92 Å². The molecule has 4 heteroatoms. The fourth-order valence-electron chi connectivity index (χ4n) is 2.60. The Morgan fingerprint density at radius 1 is 0.923 bits per heavy atom. The Morgan fingerprint density at radius 3 is 2.31 bits per heavy atom. The monoisotopic (exact) mass is 381 g/mol. The van der Waals surface area contributed by atoms with Gasteiger partial charge in [0.15, 0.2) is 0 Å². The lowest BCUT2D eigenvalue weighted by Crippen LogP contribution is -2.14. The molecule has 0 atom stereocenters. The molecule has 1 N–H and O–H groups in total. The quantitative estimate of drug-likeness (QED) is 0.406. The largest absolute Gasteiger partial charge is 0.322 e. The van der Waals surface area contributed by atoms with Crippen molar-refractivity contribution in [1.82, 2.24) is 0 Å². The summed E-state index contributed by atoms with van der Waals surface area (Å²) in [6, 6.07) is 22.3. The molecule has 0 aromatic heterocycles. The normalized spacial score (nSPS) is 11.3. The minimum Gasteiger partial charge on any atom is -0.322 e. The number of hydrogen-bond donors (Lipinski definition) is 1. The van der Waals surface area contributed by atoms with E-state index in [9.17, 15) is 4.79 Å². The van der Waals surface area contributed by atoms with Gasteiger partial charge in [-0.15, -0.1) is 0 Å². The molecule has 0 bridgehead atoms. The van der Waals surface area contributed by atoms with Gasteiger partial charge in [-0.2, -0.15) is 0 Å². The highest BCUT2D eigenvalue weighted by Gasteiger charge is 2.14. The van der Waals surface area contributed by atoms with E-state index in [1.807, 2.05) is 61.5 Å². The Morgan fingerprint density at radius 2 is 1.62 bits per heavy atom. The summed E-state index contributed by atoms with van der Waals surface area (Å²) in [7, 11) is 0. The van der Waals surface area contributed by atoms with Crippen LogP contribution in [0.15, 0.2) is 72.8 Å². The Hall–Kier alpha value is -2.55. The van der Waals surface area contributed by atoms with Crippen LogP contribution in [-0.2, 0) is 4.79 Å². The highest BCUT2D eigenvalue weighted by atomic mass is 35.5. The highest BCUT2D eigenvalue weighted by molar-refractivity contribution is 6.34. The van der Waals surface area contributed by atoms with Crippen LogP contribution < -0.4 is 5.32 Å². The third kappa shape index (κ3) is 4.34. The van der Waals surface area contributed by atoms with E-state index < -0.39 is 0 Å². The molecular weight excluding hydrogens is 365 g/mol. The molecule has 130 valence electrons. The van der Waals surface area contributed by atoms with E-state index in [-0.39, 0.29) is 5.91 Å². The first-order valence-corrected chi connectivity index (χ1v) is 8.89. The fraction of sp³-hybridized carbons (Fsp3) is 0.0455. The maximum absolute atomic E-state index is 13.0. The molecule has 0 aliphatic carbocycles. The van der Waals surface area contributed by atoms with Crippen molar-refractivity contribution in [2.24, 2.45) is 0 Å². The lowest BCUT2D eigenvalue weighted by Gasteiger charge is -2.12. The Labute approximate surface area is 163 Å². The zero-order chi connectivity index (χ0) is 18.5. The van der Waals surface area contributed by atoms with Gasteiger partial charge in [0.05, 0.1) is 0 Å². The maximum atomic E-state index is 13.0. The van der Waals surface area contributed by atoms with E-state index in [1.165, 1.54) is 0 Å². The lowest BCUT2D eigenvalue weighted by molar-refractivity contribution is -0.111. The number of aryl methyl sites for hydroxylation is 1. The second-order valence-electron chi connectivity index (χ2n) is 5.86. The smallest absolute Gasteiger partial charge is 0.256 e. The average molecular weight is 382 g/mol. The second-order valence-corrected chi connectivity index (χ2v) is 6.70. The predicted octanol–water partition coefficient (Wildman–Crippen LogP) is 6.48. The molecule has 3 rings (SSSR count). The molecule has 0 saturated carbocycles. The summed E-state index contributed by atoms with van der Waals surface area (Å²) in [4.78, 5) is 13.0. The molecular formula is C22H17Cl2NO. The van der Waals surface area contributed by atoms with Crippen LogP contribution in [0.25, 0.3) is 11.6 Å². The molecule has 26 heavy (non-hydrogen) atoms. The van der Waals surface area contributed by atoms with Crippen molar-refractivity contribution < 1.29 is 4.79 Å². The summed E-state index contributed by atoms with van der Waals surface area (Å²) < 4.78 is 0. The van der Waals surface area contributed by atoms with Gasteiger partial charge >= 0.3 is 0 Å². The van der Waals surface area contributed by atoms with Gasteiger partial charge in [-0.3, -0.25) is 4.79 Å². The van der Waals surface area contributed by atoms with Crippen LogP contribution in [-0.4, -0.2) is 5.91 Å². The lowest BCUT2D eigenvalue weighted by atomic mass is 10.0. The molecule has 1 amide bonds. The Balaban J connectivity index is 2.01. The van der Waals surface area contributed by atoms with E-state index in [0.717, 1.165) is 22.4 Å². The molecule has 0 aliphatic rings. The average Bonchev–Trinajstić information content (AvgIpc) is 2.64. The SMILES string of the molecule is Cc1cc(Cl)ccc1NC(=O)/C(=C/c1ccccc1Cl)c1ccccc1. The van der Waals surface area contributed by atoms with Gasteiger partial charge in [-0.1, -0.05) is 71.7 Å². The van der Waals surface area contributed by atoms with E-state index in [4.69, 9.17) is 23.2 Å². The van der Waals surface area contributed by atoms with E-state index in [1.54, 1.807) is 24.3 Å². The summed E-state index contributed by atoms with van der Waals surface area (Å²) in [5.41, 5.74) is 3.76. The van der Waals surface area contributed by atoms with Gasteiger partial charge in [-0.25, -0.2) is 0 Å². The van der Waals surface area contributed by atoms with Gasteiger partial charge < -0.3 is 5.32 Å². The van der Waals surface area contributed by atoms with Crippen molar-refractivity contribution in [3.05, 3.63) is 99.5 Å². The summed E-state index contributed by atoms with van der Waals surface area (Å²) in [6.07, 6.45) is 1.80. The third-order valence-corrected chi connectivity index (χ3v) is 4.55. The number of amides is 1. The predicted molar refractivity (Wildman–Crippen MR) is 111 cm³/mol. The van der Waals surface area contributed by atoms with E-state index >= 15 is 0 Å². The maximum Gasteiger partial charge on any atom is 0.256 e. The van der Waals surface area contributed by atoms with Gasteiger partial charge in [-0.05, 0) is 54.0 Å². The second kappa shape index (κ2) is 8.22. The molecule has 0 heterocycles. The summed E-state index contributed by atoms with van der Waals surface area (Å²) in [5.74, 6) is -0.207. The fourth-order valence-corrected chi connectivity index (χ4v) is 3.02. The zero-order valence-corrected chi connectivity index (χ0v) is 15.7. The number of anilines is 1. The van der Waals surface area contributed by atoms with Crippen molar-refractivity contribution in [3.63, 3.8) is 0 Å². The van der Waals surface area contributed by atoms with Gasteiger partial charge in [0, 0.05) is 21.3 Å². The molecule has 0 spiro atoms. The van der Waals surface area contributed by atoms with Gasteiger partial charge in [0.25, 0.3) is 5.91 Å². The molecule has 3 aromatic carbocycles. The molecule has 2 nitrogen and oxygen atoms in total. The number of rotatable bonds is 4. The number of hydrogen-bond acceptors (Lipinski definition) is 1. The zero-order valence-electron chi connectivity index (χ0n) is 14.2. The Bertz CT molecular complexity index is 965. The van der Waals surface area contributed by atoms with Crippen LogP contribution in [0.2, 0.25) is 10.0 Å². The molecule has 3 aromatic rings. The van der Waals surface area contributed by atoms with Crippen LogP contribution >= 0.6 is 23.2 Å². The minimum absolute atomic E-state index is 0.207. The highest BCUT2D eigenvalue weighted by Crippen LogP contribution is 2.26. The van der Waals surface area contributed by atoms with Crippen molar-refractivity contribution in [1.29, 1.82) is 0 Å². The molecule has 0 fully saturated rings. The van der Waals surface area contributed by atoms with Crippen LogP contribution in [0.3, 0.4) is 0 Å². The van der Waals surface area contributed by atoms with E-state index in [2.05, 4.69) is 5.32 Å². The number of halogens is 2.